The van der Waals surface area contributed by atoms with Crippen molar-refractivity contribution in [2.75, 3.05) is 19.8 Å². The van der Waals surface area contributed by atoms with Crippen LogP contribution in [0.1, 0.15) is 26.2 Å². The van der Waals surface area contributed by atoms with Crippen LogP contribution in [-0.2, 0) is 18.1 Å². The fourth-order valence-electron chi connectivity index (χ4n) is 0.928. The van der Waals surface area contributed by atoms with Crippen LogP contribution in [0, 0.1) is 0 Å². The molecule has 4 nitrogen and oxygen atoms in total. The third-order valence-electron chi connectivity index (χ3n) is 1.70. The lowest BCUT2D eigenvalue weighted by Gasteiger charge is -2.16. The second-order valence-corrected chi connectivity index (χ2v) is 4.83. The van der Waals surface area contributed by atoms with E-state index in [4.69, 9.17) is 13.6 Å². The highest BCUT2D eigenvalue weighted by molar-refractivity contribution is 7.48. The maximum Gasteiger partial charge on any atom is 0.475 e. The number of hydrogen-bond donors (Lipinski definition) is 0. The lowest BCUT2D eigenvalue weighted by atomic mass is 10.3. The maximum absolute atomic E-state index is 11.9. The van der Waals surface area contributed by atoms with Gasteiger partial charge in [-0.25, -0.2) is 4.57 Å². The molecule has 0 rings (SSSR count). The molecule has 0 unspecified atom stereocenters. The fraction of sp³-hybridized carbons (Fsp3) is 0.636. The predicted octanol–water partition coefficient (Wildman–Crippen LogP) is 3.71. The van der Waals surface area contributed by atoms with Crippen molar-refractivity contribution in [1.29, 1.82) is 0 Å². The monoisotopic (exact) mass is 248 g/mol. The Morgan fingerprint density at radius 3 is 2.06 bits per heavy atom. The zero-order valence-corrected chi connectivity index (χ0v) is 10.8. The zero-order valence-electron chi connectivity index (χ0n) is 9.89. The highest BCUT2D eigenvalue weighted by Gasteiger charge is 2.25. The first-order chi connectivity index (χ1) is 7.68. The minimum atomic E-state index is -3.44. The van der Waals surface area contributed by atoms with Gasteiger partial charge in [0.25, 0.3) is 0 Å². The van der Waals surface area contributed by atoms with Crippen LogP contribution in [0.3, 0.4) is 0 Å². The van der Waals surface area contributed by atoms with Crippen LogP contribution < -0.4 is 0 Å². The Hall–Kier alpha value is -0.410. The standard InChI is InChI=1S/C11H21O4P/c1-4-7-8-11-15-16(12,13-9-5-2)14-10-6-3/h5-6H,2-4,7-11H2,1H3. The Kier molecular flexibility index (Phi) is 9.54. The molecule has 0 fully saturated rings. The molecule has 0 aromatic rings. The molecule has 5 heteroatoms. The van der Waals surface area contributed by atoms with Crippen molar-refractivity contribution in [2.24, 2.45) is 0 Å². The van der Waals surface area contributed by atoms with E-state index in [1.165, 1.54) is 12.2 Å². The molecule has 0 radical (unpaired) electrons. The van der Waals surface area contributed by atoms with Gasteiger partial charge in [0.2, 0.25) is 0 Å². The Bertz CT molecular complexity index is 224. The first-order valence-electron chi connectivity index (χ1n) is 5.44. The molecule has 0 aliphatic heterocycles. The van der Waals surface area contributed by atoms with Gasteiger partial charge < -0.3 is 0 Å². The van der Waals surface area contributed by atoms with Gasteiger partial charge in [0.05, 0.1) is 19.8 Å². The second kappa shape index (κ2) is 9.79. The van der Waals surface area contributed by atoms with E-state index in [0.717, 1.165) is 19.3 Å². The highest BCUT2D eigenvalue weighted by Crippen LogP contribution is 2.49. The fourth-order valence-corrected chi connectivity index (χ4v) is 2.08. The van der Waals surface area contributed by atoms with E-state index >= 15 is 0 Å². The first-order valence-corrected chi connectivity index (χ1v) is 6.90. The molecule has 0 spiro atoms. The number of hydrogen-bond acceptors (Lipinski definition) is 4. The highest BCUT2D eigenvalue weighted by atomic mass is 31.2. The topological polar surface area (TPSA) is 44.8 Å². The molecule has 0 bridgehead atoms. The molecular weight excluding hydrogens is 227 g/mol. The van der Waals surface area contributed by atoms with Crippen LogP contribution >= 0.6 is 7.82 Å². The maximum atomic E-state index is 11.9. The Morgan fingerprint density at radius 1 is 1.06 bits per heavy atom. The molecular formula is C11H21O4P. The van der Waals surface area contributed by atoms with Crippen molar-refractivity contribution < 1.29 is 18.1 Å². The molecule has 94 valence electrons. The van der Waals surface area contributed by atoms with Crippen molar-refractivity contribution in [3.63, 3.8) is 0 Å². The molecule has 0 heterocycles. The molecule has 0 aromatic carbocycles. The van der Waals surface area contributed by atoms with Gasteiger partial charge in [0.15, 0.2) is 0 Å². The summed E-state index contributed by atoms with van der Waals surface area (Å²) in [5.74, 6) is 0. The van der Waals surface area contributed by atoms with Gasteiger partial charge in [-0.15, -0.1) is 13.2 Å². The molecule has 0 saturated heterocycles. The largest absolute Gasteiger partial charge is 0.475 e. The summed E-state index contributed by atoms with van der Waals surface area (Å²) < 4.78 is 27.1. The SMILES string of the molecule is C=CCOP(=O)(OCC=C)OCCCCC. The lowest BCUT2D eigenvalue weighted by Crippen LogP contribution is -2.02. The first kappa shape index (κ1) is 15.6. The Labute approximate surface area is 97.9 Å². The van der Waals surface area contributed by atoms with Crippen LogP contribution in [0.25, 0.3) is 0 Å². The average Bonchev–Trinajstić information content (AvgIpc) is 2.30. The van der Waals surface area contributed by atoms with Gasteiger partial charge in [-0.2, -0.15) is 0 Å². The van der Waals surface area contributed by atoms with Crippen LogP contribution in [0.15, 0.2) is 25.3 Å². The molecule has 0 saturated carbocycles. The molecule has 0 atom stereocenters. The predicted molar refractivity (Wildman–Crippen MR) is 65.4 cm³/mol. The number of unbranched alkanes of at least 4 members (excludes halogenated alkanes) is 2. The van der Waals surface area contributed by atoms with Crippen LogP contribution in [0.2, 0.25) is 0 Å². The number of rotatable bonds is 11. The Balaban J connectivity index is 4.01. The van der Waals surface area contributed by atoms with Gasteiger partial charge in [0, 0.05) is 0 Å². The van der Waals surface area contributed by atoms with E-state index in [9.17, 15) is 4.57 Å². The van der Waals surface area contributed by atoms with Gasteiger partial charge in [-0.1, -0.05) is 31.9 Å². The summed E-state index contributed by atoms with van der Waals surface area (Å²) in [6, 6.07) is 0. The van der Waals surface area contributed by atoms with Gasteiger partial charge in [-0.05, 0) is 6.42 Å². The average molecular weight is 248 g/mol. The minimum absolute atomic E-state index is 0.141. The van der Waals surface area contributed by atoms with Crippen molar-refractivity contribution in [1.82, 2.24) is 0 Å². The van der Waals surface area contributed by atoms with E-state index in [1.807, 2.05) is 0 Å². The number of phosphoric ester groups is 1. The van der Waals surface area contributed by atoms with Crippen LogP contribution in [0.5, 0.6) is 0 Å². The summed E-state index contributed by atoms with van der Waals surface area (Å²) >= 11 is 0. The van der Waals surface area contributed by atoms with E-state index in [-0.39, 0.29) is 13.2 Å². The molecule has 0 amide bonds. The molecule has 0 aliphatic carbocycles. The summed E-state index contributed by atoms with van der Waals surface area (Å²) in [6.45, 7) is 9.69. The van der Waals surface area contributed by atoms with E-state index in [1.54, 1.807) is 0 Å². The zero-order chi connectivity index (χ0) is 12.3. The van der Waals surface area contributed by atoms with Crippen molar-refractivity contribution in [3.05, 3.63) is 25.3 Å². The molecule has 0 N–H and O–H groups in total. The summed E-state index contributed by atoms with van der Waals surface area (Å²) in [6.07, 6.45) is 5.95. The van der Waals surface area contributed by atoms with Crippen LogP contribution in [-0.4, -0.2) is 19.8 Å². The summed E-state index contributed by atoms with van der Waals surface area (Å²) in [7, 11) is -3.44. The smallest absolute Gasteiger partial charge is 0.287 e. The number of phosphoric acid groups is 1. The van der Waals surface area contributed by atoms with E-state index < -0.39 is 7.82 Å². The molecule has 0 aliphatic rings. The summed E-state index contributed by atoms with van der Waals surface area (Å²) in [5, 5.41) is 0. The molecule has 0 aromatic heterocycles. The van der Waals surface area contributed by atoms with E-state index in [2.05, 4.69) is 20.1 Å². The van der Waals surface area contributed by atoms with Gasteiger partial charge in [0.1, 0.15) is 0 Å². The van der Waals surface area contributed by atoms with Gasteiger partial charge >= 0.3 is 7.82 Å². The lowest BCUT2D eigenvalue weighted by molar-refractivity contribution is 0.129. The van der Waals surface area contributed by atoms with Gasteiger partial charge in [-0.3, -0.25) is 13.6 Å². The minimum Gasteiger partial charge on any atom is -0.287 e. The van der Waals surface area contributed by atoms with Crippen molar-refractivity contribution >= 4 is 7.82 Å². The van der Waals surface area contributed by atoms with Crippen molar-refractivity contribution in [2.45, 2.75) is 26.2 Å². The summed E-state index contributed by atoms with van der Waals surface area (Å²) in [5.41, 5.74) is 0. The third kappa shape index (κ3) is 7.83. The Morgan fingerprint density at radius 2 is 1.62 bits per heavy atom. The normalized spacial score (nSPS) is 11.3. The van der Waals surface area contributed by atoms with E-state index in [0.29, 0.717) is 6.61 Å². The third-order valence-corrected chi connectivity index (χ3v) is 3.13. The molecule has 16 heavy (non-hydrogen) atoms. The quantitative estimate of drug-likeness (QED) is 0.317. The van der Waals surface area contributed by atoms with Crippen molar-refractivity contribution in [3.8, 4) is 0 Å². The summed E-state index contributed by atoms with van der Waals surface area (Å²) in [4.78, 5) is 0. The van der Waals surface area contributed by atoms with Crippen LogP contribution in [0.4, 0.5) is 0 Å². The second-order valence-electron chi connectivity index (χ2n) is 3.16.